The SMILES string of the molecule is COc1cc(C(CO)C(C)C)cc([N+](=O)[O-])c1OC. The summed E-state index contributed by atoms with van der Waals surface area (Å²) in [6.45, 7) is 3.82. The Bertz CT molecular complexity index is 459. The van der Waals surface area contributed by atoms with E-state index in [9.17, 15) is 15.2 Å². The predicted molar refractivity (Wildman–Crippen MR) is 70.9 cm³/mol. The van der Waals surface area contributed by atoms with Crippen LogP contribution in [0.4, 0.5) is 5.69 Å². The predicted octanol–water partition coefficient (Wildman–Crippen LogP) is 2.34. The van der Waals surface area contributed by atoms with E-state index in [1.807, 2.05) is 13.8 Å². The van der Waals surface area contributed by atoms with Crippen molar-refractivity contribution < 1.29 is 19.5 Å². The van der Waals surface area contributed by atoms with Gasteiger partial charge in [-0.2, -0.15) is 0 Å². The van der Waals surface area contributed by atoms with Crippen LogP contribution < -0.4 is 9.47 Å². The van der Waals surface area contributed by atoms with Crippen molar-refractivity contribution in [3.63, 3.8) is 0 Å². The van der Waals surface area contributed by atoms with Gasteiger partial charge in [0.15, 0.2) is 5.75 Å². The van der Waals surface area contributed by atoms with E-state index >= 15 is 0 Å². The quantitative estimate of drug-likeness (QED) is 0.633. The maximum absolute atomic E-state index is 11.1. The molecule has 0 saturated heterocycles. The highest BCUT2D eigenvalue weighted by molar-refractivity contribution is 5.58. The van der Waals surface area contributed by atoms with Crippen molar-refractivity contribution in [1.29, 1.82) is 0 Å². The molecule has 1 aromatic carbocycles. The normalized spacial score (nSPS) is 12.3. The summed E-state index contributed by atoms with van der Waals surface area (Å²) in [4.78, 5) is 10.6. The van der Waals surface area contributed by atoms with Crippen LogP contribution >= 0.6 is 0 Å². The highest BCUT2D eigenvalue weighted by Gasteiger charge is 2.25. The zero-order valence-corrected chi connectivity index (χ0v) is 11.5. The van der Waals surface area contributed by atoms with Gasteiger partial charge in [-0.1, -0.05) is 13.8 Å². The van der Waals surface area contributed by atoms with Crippen molar-refractivity contribution in [2.45, 2.75) is 19.8 Å². The lowest BCUT2D eigenvalue weighted by atomic mass is 9.88. The molecule has 106 valence electrons. The standard InChI is InChI=1S/C13H19NO5/c1-8(2)10(7-15)9-5-11(14(16)17)13(19-4)12(6-9)18-3/h5-6,8,10,15H,7H2,1-4H3. The molecule has 0 spiro atoms. The van der Waals surface area contributed by atoms with Gasteiger partial charge in [-0.3, -0.25) is 10.1 Å². The number of nitro groups is 1. The Kier molecular flexibility index (Phi) is 5.11. The van der Waals surface area contributed by atoms with Crippen LogP contribution in [0.3, 0.4) is 0 Å². The first kappa shape index (κ1) is 15.2. The lowest BCUT2D eigenvalue weighted by Crippen LogP contribution is -2.12. The first-order valence-corrected chi connectivity index (χ1v) is 5.97. The van der Waals surface area contributed by atoms with Crippen LogP contribution in [0.1, 0.15) is 25.3 Å². The average molecular weight is 269 g/mol. The molecule has 0 bridgehead atoms. The molecule has 6 heteroatoms. The second-order valence-corrected chi connectivity index (χ2v) is 4.57. The molecule has 0 aromatic heterocycles. The molecule has 0 aliphatic rings. The smallest absolute Gasteiger partial charge is 0.315 e. The monoisotopic (exact) mass is 269 g/mol. The highest BCUT2D eigenvalue weighted by atomic mass is 16.6. The van der Waals surface area contributed by atoms with Gasteiger partial charge in [0.25, 0.3) is 0 Å². The molecular formula is C13H19NO5. The van der Waals surface area contributed by atoms with Crippen molar-refractivity contribution in [3.8, 4) is 11.5 Å². The fraction of sp³-hybridized carbons (Fsp3) is 0.538. The third kappa shape index (κ3) is 3.14. The van der Waals surface area contributed by atoms with Gasteiger partial charge >= 0.3 is 5.69 Å². The van der Waals surface area contributed by atoms with Gasteiger partial charge in [0, 0.05) is 12.0 Å². The van der Waals surface area contributed by atoms with Gasteiger partial charge in [0.2, 0.25) is 5.75 Å². The summed E-state index contributed by atoms with van der Waals surface area (Å²) >= 11 is 0. The van der Waals surface area contributed by atoms with E-state index in [-0.39, 0.29) is 29.9 Å². The number of hydrogen-bond acceptors (Lipinski definition) is 5. The molecule has 0 fully saturated rings. The second kappa shape index (κ2) is 6.38. The largest absolute Gasteiger partial charge is 0.493 e. The summed E-state index contributed by atoms with van der Waals surface area (Å²) in [5, 5.41) is 20.5. The summed E-state index contributed by atoms with van der Waals surface area (Å²) in [6, 6.07) is 3.11. The molecule has 0 aliphatic carbocycles. The van der Waals surface area contributed by atoms with Crippen molar-refractivity contribution in [2.75, 3.05) is 20.8 Å². The lowest BCUT2D eigenvalue weighted by Gasteiger charge is -2.20. The summed E-state index contributed by atoms with van der Waals surface area (Å²) in [7, 11) is 2.78. The number of ether oxygens (including phenoxy) is 2. The molecule has 1 unspecified atom stereocenters. The average Bonchev–Trinajstić information content (AvgIpc) is 2.37. The van der Waals surface area contributed by atoms with E-state index in [2.05, 4.69) is 0 Å². The van der Waals surface area contributed by atoms with Crippen molar-refractivity contribution in [1.82, 2.24) is 0 Å². The molecule has 1 N–H and O–H groups in total. The Hall–Kier alpha value is -1.82. The molecule has 1 rings (SSSR count). The molecule has 0 amide bonds. The van der Waals surface area contributed by atoms with Crippen LogP contribution in [0.2, 0.25) is 0 Å². The van der Waals surface area contributed by atoms with Gasteiger partial charge in [0.1, 0.15) is 0 Å². The first-order chi connectivity index (χ1) is 8.96. The third-order valence-corrected chi connectivity index (χ3v) is 3.11. The van der Waals surface area contributed by atoms with E-state index < -0.39 is 4.92 Å². The van der Waals surface area contributed by atoms with Crippen LogP contribution in [0, 0.1) is 16.0 Å². The highest BCUT2D eigenvalue weighted by Crippen LogP contribution is 2.40. The van der Waals surface area contributed by atoms with Crippen molar-refractivity contribution >= 4 is 5.69 Å². The molecule has 0 heterocycles. The number of aliphatic hydroxyl groups excluding tert-OH is 1. The molecule has 19 heavy (non-hydrogen) atoms. The van der Waals surface area contributed by atoms with Gasteiger partial charge < -0.3 is 14.6 Å². The van der Waals surface area contributed by atoms with Crippen LogP contribution in [0.25, 0.3) is 0 Å². The summed E-state index contributed by atoms with van der Waals surface area (Å²) in [5.41, 5.74) is 0.512. The van der Waals surface area contributed by atoms with Gasteiger partial charge in [-0.15, -0.1) is 0 Å². The van der Waals surface area contributed by atoms with Crippen molar-refractivity contribution in [3.05, 3.63) is 27.8 Å². The van der Waals surface area contributed by atoms with Crippen LogP contribution in [0.15, 0.2) is 12.1 Å². The zero-order valence-electron chi connectivity index (χ0n) is 11.5. The molecular weight excluding hydrogens is 250 g/mol. The Labute approximate surface area is 112 Å². The maximum atomic E-state index is 11.1. The fourth-order valence-electron chi connectivity index (χ4n) is 2.02. The molecule has 0 saturated carbocycles. The number of rotatable bonds is 6. The maximum Gasteiger partial charge on any atom is 0.315 e. The van der Waals surface area contributed by atoms with Gasteiger partial charge in [0.05, 0.1) is 25.7 Å². The number of nitro benzene ring substituents is 1. The topological polar surface area (TPSA) is 81.8 Å². The van der Waals surface area contributed by atoms with E-state index in [1.165, 1.54) is 20.3 Å². The number of benzene rings is 1. The van der Waals surface area contributed by atoms with E-state index in [1.54, 1.807) is 6.07 Å². The Morgan fingerprint density at radius 2 is 1.95 bits per heavy atom. The number of hydrogen-bond donors (Lipinski definition) is 1. The minimum Gasteiger partial charge on any atom is -0.493 e. The number of methoxy groups -OCH3 is 2. The summed E-state index contributed by atoms with van der Waals surface area (Å²) in [6.07, 6.45) is 0. The lowest BCUT2D eigenvalue weighted by molar-refractivity contribution is -0.385. The number of nitrogens with zero attached hydrogens (tertiary/aromatic N) is 1. The van der Waals surface area contributed by atoms with Crippen LogP contribution in [0.5, 0.6) is 11.5 Å². The second-order valence-electron chi connectivity index (χ2n) is 4.57. The van der Waals surface area contributed by atoms with E-state index in [4.69, 9.17) is 9.47 Å². The third-order valence-electron chi connectivity index (χ3n) is 3.11. The molecule has 6 nitrogen and oxygen atoms in total. The Morgan fingerprint density at radius 3 is 2.32 bits per heavy atom. The first-order valence-electron chi connectivity index (χ1n) is 5.97. The Balaban J connectivity index is 3.43. The molecule has 1 atom stereocenters. The Morgan fingerprint density at radius 1 is 1.32 bits per heavy atom. The fourth-order valence-corrected chi connectivity index (χ4v) is 2.02. The van der Waals surface area contributed by atoms with Crippen molar-refractivity contribution in [2.24, 2.45) is 5.92 Å². The van der Waals surface area contributed by atoms with E-state index in [0.717, 1.165) is 0 Å². The molecule has 1 aromatic rings. The van der Waals surface area contributed by atoms with Crippen LogP contribution in [-0.4, -0.2) is 30.9 Å². The minimum atomic E-state index is -0.514. The van der Waals surface area contributed by atoms with Gasteiger partial charge in [-0.05, 0) is 17.5 Å². The van der Waals surface area contributed by atoms with Crippen LogP contribution in [-0.2, 0) is 0 Å². The molecule has 0 aliphatic heterocycles. The molecule has 0 radical (unpaired) electrons. The minimum absolute atomic E-state index is 0.0791. The summed E-state index contributed by atoms with van der Waals surface area (Å²) in [5.74, 6) is 0.365. The van der Waals surface area contributed by atoms with E-state index in [0.29, 0.717) is 11.3 Å². The summed E-state index contributed by atoms with van der Waals surface area (Å²) < 4.78 is 10.2. The van der Waals surface area contributed by atoms with Gasteiger partial charge in [-0.25, -0.2) is 0 Å². The zero-order chi connectivity index (χ0) is 14.6. The number of aliphatic hydroxyl groups is 1.